The Kier molecular flexibility index (Phi) is 40.0. The van der Waals surface area contributed by atoms with Gasteiger partial charge in [0, 0.05) is 74.0 Å². The fourth-order valence-corrected chi connectivity index (χ4v) is 13.7. The molecule has 40 heteroatoms. The summed E-state index contributed by atoms with van der Waals surface area (Å²) in [6.07, 6.45) is -5.34. The average molecular weight is 1800 g/mol. The standard InChI is InChI=1S/C88H126N18O21S/c1-50(2)47-64-77(116)99-60(35-42-92-81(120)124-85(5,6)7)73(112)98-63(38-45-95-84(123)127-88(14,15)16)76(115)104-69(51(3)107)79(118)91-41-34-59(72(111)97-61(36-43-93-82(121)125-86(8,9)10)75(114)102-65(78(117)101-64)48-53-25-19-18-20-26-53)96-74(113)62(37-44-94-83(122)126-87(11,12)13)100-80(119)70(52(4)108)103-68(109)39-46-106-66-49-55(128-67-29-22-21-28-57(67)71(110)89-17)31-32-56(66)58(105-106)33-30-54-27-23-24-40-90-54/h18-33,40,49-52,59-65,69-70,107-108H,34-39,41-48H2,1-17H3,(H,89,110)(H,91,118)(H,92,120)(H,93,121)(H,94,122)(H,95,123)(H,96,113)(H,97,111)(H,98,112)(H,99,116)(H,100,119)(H,101,117)(H,102,114)(H,103,109)(H,104,115)/b33-30+/t51-,52+,59+,60+,61+,62+,63+,64+,65-,69+,70+/m1/s1. The lowest BCUT2D eigenvalue weighted by Crippen LogP contribution is -2.61. The molecule has 0 bridgehead atoms. The van der Waals surface area contributed by atoms with Gasteiger partial charge in [-0.1, -0.05) is 74.1 Å². The highest BCUT2D eigenvalue weighted by molar-refractivity contribution is 7.99. The number of ether oxygens (including phenoxy) is 4. The zero-order valence-electron chi connectivity index (χ0n) is 75.6. The Hall–Kier alpha value is -12.5. The topological polar surface area (TPSA) is 545 Å². The van der Waals surface area contributed by atoms with Crippen molar-refractivity contribution in [3.63, 3.8) is 0 Å². The highest BCUT2D eigenvalue weighted by Gasteiger charge is 2.39. The van der Waals surface area contributed by atoms with Crippen LogP contribution < -0.4 is 79.8 Å². The average Bonchev–Trinajstić information content (AvgIpc) is 1.64. The van der Waals surface area contributed by atoms with Crippen LogP contribution in [0.5, 0.6) is 0 Å². The lowest BCUT2D eigenvalue weighted by atomic mass is 10.00. The number of nitrogens with one attached hydrogen (secondary N) is 15. The molecule has 0 unspecified atom stereocenters. The number of aliphatic hydroxyl groups is 2. The van der Waals surface area contributed by atoms with Gasteiger partial charge in [-0.15, -0.1) is 0 Å². The summed E-state index contributed by atoms with van der Waals surface area (Å²) in [6, 6.07) is 10.4. The van der Waals surface area contributed by atoms with Crippen molar-refractivity contribution >= 4 is 124 Å². The summed E-state index contributed by atoms with van der Waals surface area (Å²) >= 11 is 1.32. The number of aliphatic hydroxyl groups excluding tert-OH is 2. The molecule has 15 amide bonds. The molecule has 0 spiro atoms. The largest absolute Gasteiger partial charge is 0.444 e. The molecule has 0 radical (unpaired) electrons. The highest BCUT2D eigenvalue weighted by Crippen LogP contribution is 2.34. The fourth-order valence-electron chi connectivity index (χ4n) is 12.7. The molecular weight excluding hydrogens is 1680 g/mol. The number of pyridine rings is 1. The molecule has 1 aliphatic rings. The van der Waals surface area contributed by atoms with Crippen molar-refractivity contribution in [1.82, 2.24) is 94.5 Å². The first-order valence-electron chi connectivity index (χ1n) is 42.4. The number of benzene rings is 3. The summed E-state index contributed by atoms with van der Waals surface area (Å²) < 4.78 is 23.3. The van der Waals surface area contributed by atoms with Crippen LogP contribution in [0.15, 0.2) is 107 Å². The van der Waals surface area contributed by atoms with Gasteiger partial charge in [-0.3, -0.25) is 62.4 Å². The SMILES string of the molecule is CNC(=O)c1ccccc1Sc1ccc2c(/C=C/c3ccccn3)nn(CCC(=O)N[C@H](C(=O)N[C@@H](CCNC(=O)OC(C)(C)C)C(=O)N[C@H]3CCNC(=O)[C@H]([C@@H](C)O)NC(=O)[C@H](CCNC(=O)OC(C)(C)C)NC(=O)[C@H](CCNC(=O)OC(C)(C)C)NC(=O)[C@H](CC(C)C)NC(=O)[C@@H](Cc4ccccc4)NC(=O)[C@H](CCNC(=O)OC(C)(C)C)NC3=O)[C@H](C)O)c2c1. The van der Waals surface area contributed by atoms with Crippen LogP contribution in [0.3, 0.4) is 0 Å². The van der Waals surface area contributed by atoms with Crippen LogP contribution in [0.1, 0.15) is 183 Å². The second-order valence-electron chi connectivity index (χ2n) is 35.0. The van der Waals surface area contributed by atoms with Gasteiger partial charge in [0.1, 0.15) is 76.8 Å². The molecule has 700 valence electrons. The molecule has 0 saturated carbocycles. The molecule has 11 atom stereocenters. The Morgan fingerprint density at radius 2 is 1.05 bits per heavy atom. The lowest BCUT2D eigenvalue weighted by molar-refractivity contribution is -0.136. The lowest BCUT2D eigenvalue weighted by Gasteiger charge is -2.29. The van der Waals surface area contributed by atoms with E-state index >= 15 is 19.2 Å². The Morgan fingerprint density at radius 1 is 0.555 bits per heavy atom. The third kappa shape index (κ3) is 36.9. The summed E-state index contributed by atoms with van der Waals surface area (Å²) in [5.74, 6) is -11.4. The highest BCUT2D eigenvalue weighted by atomic mass is 32.2. The zero-order chi connectivity index (χ0) is 95.0. The minimum atomic E-state index is -1.93. The molecule has 5 aromatic rings. The number of carbonyl (C=O) groups is 15. The number of alkyl carbamates (subject to hydrolysis) is 4. The van der Waals surface area contributed by atoms with E-state index in [4.69, 9.17) is 24.0 Å². The number of aromatic nitrogens is 3. The van der Waals surface area contributed by atoms with Gasteiger partial charge in [-0.25, -0.2) is 19.2 Å². The maximum Gasteiger partial charge on any atom is 0.407 e. The minimum Gasteiger partial charge on any atom is -0.444 e. The molecule has 1 fully saturated rings. The maximum atomic E-state index is 15.5. The van der Waals surface area contributed by atoms with E-state index in [0.717, 1.165) is 6.92 Å². The number of fused-ring (bicyclic) bond motifs is 1. The molecule has 3 heterocycles. The van der Waals surface area contributed by atoms with Gasteiger partial charge in [-0.2, -0.15) is 5.10 Å². The Bertz CT molecular complexity index is 4690. The summed E-state index contributed by atoms with van der Waals surface area (Å²) in [4.78, 5) is 221. The van der Waals surface area contributed by atoms with Gasteiger partial charge in [-0.05, 0) is 202 Å². The van der Waals surface area contributed by atoms with Gasteiger partial charge >= 0.3 is 24.4 Å². The van der Waals surface area contributed by atoms with Gasteiger partial charge < -0.3 is 109 Å². The predicted molar refractivity (Wildman–Crippen MR) is 475 cm³/mol. The first kappa shape index (κ1) is 104. The number of hydrogen-bond donors (Lipinski definition) is 17. The van der Waals surface area contributed by atoms with Crippen LogP contribution >= 0.6 is 11.8 Å². The van der Waals surface area contributed by atoms with E-state index in [2.05, 4.69) is 84.7 Å². The number of nitrogens with zero attached hydrogens (tertiary/aromatic N) is 3. The van der Waals surface area contributed by atoms with E-state index in [1.807, 2.05) is 24.3 Å². The summed E-state index contributed by atoms with van der Waals surface area (Å²) in [5, 5.41) is 66.8. The number of amides is 15. The molecule has 1 aliphatic heterocycles. The monoisotopic (exact) mass is 1800 g/mol. The summed E-state index contributed by atoms with van der Waals surface area (Å²) in [7, 11) is 1.53. The van der Waals surface area contributed by atoms with Gasteiger partial charge in [0.2, 0.25) is 59.1 Å². The number of rotatable bonds is 31. The quantitative estimate of drug-likeness (QED) is 0.0278. The number of aryl methyl sites for hydroxylation is 1. The van der Waals surface area contributed by atoms with E-state index < -0.39 is 224 Å². The minimum absolute atomic E-state index is 0.112. The molecule has 17 N–H and O–H groups in total. The molecule has 39 nitrogen and oxygen atoms in total. The molecule has 2 aromatic heterocycles. The molecular formula is C88H126N18O21S. The van der Waals surface area contributed by atoms with Crippen LogP contribution in [0, 0.1) is 5.92 Å². The zero-order valence-corrected chi connectivity index (χ0v) is 76.4. The van der Waals surface area contributed by atoms with E-state index in [9.17, 15) is 63.0 Å². The molecule has 6 rings (SSSR count). The van der Waals surface area contributed by atoms with Crippen LogP contribution in [0.4, 0.5) is 19.2 Å². The van der Waals surface area contributed by atoms with E-state index in [1.54, 1.807) is 187 Å². The van der Waals surface area contributed by atoms with Crippen molar-refractivity contribution in [3.05, 3.63) is 120 Å². The third-order valence-corrected chi connectivity index (χ3v) is 19.8. The van der Waals surface area contributed by atoms with Gasteiger partial charge in [0.15, 0.2) is 0 Å². The van der Waals surface area contributed by atoms with Crippen LogP contribution in [-0.4, -0.2) is 243 Å². The van der Waals surface area contributed by atoms with Crippen LogP contribution in [0.2, 0.25) is 0 Å². The van der Waals surface area contributed by atoms with Crippen LogP contribution in [-0.2, 0) is 79.9 Å². The Balaban J connectivity index is 1.43. The predicted octanol–water partition coefficient (Wildman–Crippen LogP) is 4.10. The van der Waals surface area contributed by atoms with Crippen molar-refractivity contribution in [2.24, 2.45) is 5.92 Å². The first-order valence-corrected chi connectivity index (χ1v) is 43.2. The second kappa shape index (κ2) is 49.0. The summed E-state index contributed by atoms with van der Waals surface area (Å²) in [6.45, 7) is 22.6. The molecule has 1 saturated heterocycles. The third-order valence-electron chi connectivity index (χ3n) is 18.7. The first-order chi connectivity index (χ1) is 60.0. The Labute approximate surface area is 749 Å². The van der Waals surface area contributed by atoms with Gasteiger partial charge in [0.25, 0.3) is 5.91 Å². The smallest absolute Gasteiger partial charge is 0.407 e. The van der Waals surface area contributed by atoms with Gasteiger partial charge in [0.05, 0.1) is 41.2 Å². The number of hydrogen-bond acceptors (Lipinski definition) is 24. The molecule has 3 aromatic carbocycles. The summed E-state index contributed by atoms with van der Waals surface area (Å²) in [5.41, 5.74) is -1.42. The van der Waals surface area contributed by atoms with E-state index in [-0.39, 0.29) is 50.7 Å². The maximum absolute atomic E-state index is 15.5. The molecule has 128 heavy (non-hydrogen) atoms. The van der Waals surface area contributed by atoms with E-state index in [0.29, 0.717) is 43.2 Å². The number of carbonyl (C=O) groups excluding carboxylic acids is 15. The molecule has 0 aliphatic carbocycles. The van der Waals surface area contributed by atoms with Crippen molar-refractivity contribution in [2.45, 2.75) is 267 Å². The van der Waals surface area contributed by atoms with Crippen molar-refractivity contribution in [1.29, 1.82) is 0 Å². The van der Waals surface area contributed by atoms with Crippen LogP contribution in [0.25, 0.3) is 23.1 Å². The fraction of sp³-hybridized carbons (Fsp3) is 0.534. The van der Waals surface area contributed by atoms with Crippen molar-refractivity contribution in [3.8, 4) is 0 Å². The van der Waals surface area contributed by atoms with Crippen molar-refractivity contribution in [2.75, 3.05) is 39.8 Å². The van der Waals surface area contributed by atoms with E-state index in [1.165, 1.54) is 25.7 Å². The second-order valence-corrected chi connectivity index (χ2v) is 36.1. The normalized spacial score (nSPS) is 18.9. The Morgan fingerprint density at radius 3 is 1.56 bits per heavy atom. The van der Waals surface area contributed by atoms with Crippen molar-refractivity contribution < 1.29 is 101 Å².